The molecule has 0 radical (unpaired) electrons. The molecular weight excluding hydrogens is 389 g/mol. The summed E-state index contributed by atoms with van der Waals surface area (Å²) in [5, 5.41) is 2.58. The fourth-order valence-electron chi connectivity index (χ4n) is 2.79. The predicted octanol–water partition coefficient (Wildman–Crippen LogP) is 3.77. The first-order valence-corrected chi connectivity index (χ1v) is 8.93. The Morgan fingerprint density at radius 3 is 2.21 bits per heavy atom. The minimum atomic E-state index is -4.41. The zero-order chi connectivity index (χ0) is 20.9. The Morgan fingerprint density at radius 2 is 1.62 bits per heavy atom. The summed E-state index contributed by atoms with van der Waals surface area (Å²) in [5.41, 5.74) is 1.19. The fraction of sp³-hybridized carbons (Fsp3) is 0.300. The van der Waals surface area contributed by atoms with Gasteiger partial charge in [0, 0.05) is 24.3 Å². The molecule has 0 atom stereocenters. The molecule has 29 heavy (non-hydrogen) atoms. The lowest BCUT2D eigenvalue weighted by molar-refractivity contribution is -0.153. The van der Waals surface area contributed by atoms with Gasteiger partial charge in [0.05, 0.1) is 0 Å². The summed E-state index contributed by atoms with van der Waals surface area (Å²) < 4.78 is 46.4. The van der Waals surface area contributed by atoms with Crippen molar-refractivity contribution in [3.05, 3.63) is 48.5 Å². The van der Waals surface area contributed by atoms with E-state index in [0.717, 1.165) is 12.1 Å². The Kier molecular flexibility index (Phi) is 6.26. The number of ether oxygens (including phenoxy) is 2. The molecule has 2 amide bonds. The van der Waals surface area contributed by atoms with Crippen molar-refractivity contribution in [1.29, 1.82) is 0 Å². The lowest BCUT2D eigenvalue weighted by Crippen LogP contribution is -2.23. The first kappa shape index (κ1) is 20.5. The number of benzene rings is 2. The van der Waals surface area contributed by atoms with Crippen LogP contribution >= 0.6 is 0 Å². The van der Waals surface area contributed by atoms with E-state index in [4.69, 9.17) is 4.74 Å². The van der Waals surface area contributed by atoms with Crippen LogP contribution in [0.15, 0.2) is 48.5 Å². The van der Waals surface area contributed by atoms with Crippen LogP contribution < -0.4 is 19.7 Å². The minimum Gasteiger partial charge on any atom is -0.484 e. The number of carbonyl (C=O) groups is 2. The summed E-state index contributed by atoms with van der Waals surface area (Å²) in [6, 6.07) is 12.4. The van der Waals surface area contributed by atoms with E-state index < -0.39 is 18.7 Å². The van der Waals surface area contributed by atoms with E-state index in [-0.39, 0.29) is 18.3 Å². The third-order valence-electron chi connectivity index (χ3n) is 4.13. The summed E-state index contributed by atoms with van der Waals surface area (Å²) in [6.07, 6.45) is -3.02. The average Bonchev–Trinajstić information content (AvgIpc) is 3.11. The Balaban J connectivity index is 1.45. The lowest BCUT2D eigenvalue weighted by Gasteiger charge is -2.16. The fourth-order valence-corrected chi connectivity index (χ4v) is 2.79. The van der Waals surface area contributed by atoms with Crippen LogP contribution in [0, 0.1) is 0 Å². The van der Waals surface area contributed by atoms with Gasteiger partial charge in [-0.3, -0.25) is 9.59 Å². The molecule has 2 aromatic rings. The van der Waals surface area contributed by atoms with E-state index >= 15 is 0 Å². The average molecular weight is 408 g/mol. The number of amides is 2. The topological polar surface area (TPSA) is 67.9 Å². The van der Waals surface area contributed by atoms with Gasteiger partial charge in [0.2, 0.25) is 5.91 Å². The van der Waals surface area contributed by atoms with E-state index in [0.29, 0.717) is 24.4 Å². The number of anilines is 2. The van der Waals surface area contributed by atoms with Crippen LogP contribution in [0.3, 0.4) is 0 Å². The summed E-state index contributed by atoms with van der Waals surface area (Å²) in [4.78, 5) is 25.4. The molecule has 1 heterocycles. The molecule has 9 heteroatoms. The molecule has 0 aromatic heterocycles. The van der Waals surface area contributed by atoms with Crippen molar-refractivity contribution in [2.24, 2.45) is 0 Å². The van der Waals surface area contributed by atoms with Gasteiger partial charge >= 0.3 is 6.18 Å². The van der Waals surface area contributed by atoms with Gasteiger partial charge in [0.15, 0.2) is 13.2 Å². The molecule has 0 saturated carbocycles. The number of nitrogens with zero attached hydrogens (tertiary/aromatic N) is 1. The number of hydrogen-bond acceptors (Lipinski definition) is 4. The summed E-state index contributed by atoms with van der Waals surface area (Å²) in [7, 11) is 0. The highest BCUT2D eigenvalue weighted by Gasteiger charge is 2.28. The van der Waals surface area contributed by atoms with Crippen LogP contribution in [0.5, 0.6) is 11.5 Å². The standard InChI is InChI=1S/C20H19F3N2O4/c21-20(22,23)13-29-17-7-3-14(4-8-17)24-18(26)12-28-16-9-5-15(6-10-16)25-11-1-2-19(25)27/h3-10H,1-2,11-13H2,(H,24,26). The number of nitrogens with one attached hydrogen (secondary N) is 1. The van der Waals surface area contributed by atoms with Crippen molar-refractivity contribution in [1.82, 2.24) is 0 Å². The molecule has 2 aromatic carbocycles. The summed E-state index contributed by atoms with van der Waals surface area (Å²) in [6.45, 7) is -0.924. The van der Waals surface area contributed by atoms with Crippen LogP contribution in [0.1, 0.15) is 12.8 Å². The zero-order valence-corrected chi connectivity index (χ0v) is 15.4. The highest BCUT2D eigenvalue weighted by molar-refractivity contribution is 5.95. The SMILES string of the molecule is O=C(COc1ccc(N2CCCC2=O)cc1)Nc1ccc(OCC(F)(F)F)cc1. The molecule has 1 aliphatic rings. The second-order valence-electron chi connectivity index (χ2n) is 6.41. The van der Waals surface area contributed by atoms with Crippen molar-refractivity contribution in [2.45, 2.75) is 19.0 Å². The van der Waals surface area contributed by atoms with Gasteiger partial charge in [0.25, 0.3) is 5.91 Å². The number of alkyl halides is 3. The van der Waals surface area contributed by atoms with Crippen molar-refractivity contribution in [3.63, 3.8) is 0 Å². The Bertz CT molecular complexity index is 852. The molecule has 1 aliphatic heterocycles. The molecule has 0 bridgehead atoms. The first-order chi connectivity index (χ1) is 13.8. The van der Waals surface area contributed by atoms with Crippen molar-refractivity contribution >= 4 is 23.2 Å². The molecule has 1 fully saturated rings. The number of rotatable bonds is 7. The quantitative estimate of drug-likeness (QED) is 0.757. The van der Waals surface area contributed by atoms with E-state index in [1.54, 1.807) is 29.2 Å². The van der Waals surface area contributed by atoms with E-state index in [2.05, 4.69) is 10.1 Å². The van der Waals surface area contributed by atoms with Crippen LogP contribution in [-0.2, 0) is 9.59 Å². The van der Waals surface area contributed by atoms with Gasteiger partial charge in [-0.15, -0.1) is 0 Å². The minimum absolute atomic E-state index is 0.0492. The molecular formula is C20H19F3N2O4. The third kappa shape index (κ3) is 6.13. The molecule has 6 nitrogen and oxygen atoms in total. The molecule has 0 unspecified atom stereocenters. The van der Waals surface area contributed by atoms with Gasteiger partial charge < -0.3 is 19.7 Å². The van der Waals surface area contributed by atoms with Crippen LogP contribution in [0.2, 0.25) is 0 Å². The Hall–Kier alpha value is -3.23. The maximum absolute atomic E-state index is 12.1. The molecule has 0 spiro atoms. The molecule has 0 aliphatic carbocycles. The normalized spacial score (nSPS) is 14.0. The van der Waals surface area contributed by atoms with Crippen LogP contribution in [-0.4, -0.2) is 37.7 Å². The number of carbonyl (C=O) groups excluding carboxylic acids is 2. The Labute approximate surface area is 165 Å². The zero-order valence-electron chi connectivity index (χ0n) is 15.4. The maximum Gasteiger partial charge on any atom is 0.422 e. The first-order valence-electron chi connectivity index (χ1n) is 8.93. The molecule has 3 rings (SSSR count). The molecule has 1 N–H and O–H groups in total. The smallest absolute Gasteiger partial charge is 0.422 e. The largest absolute Gasteiger partial charge is 0.484 e. The Morgan fingerprint density at radius 1 is 1.00 bits per heavy atom. The van der Waals surface area contributed by atoms with Crippen molar-refractivity contribution in [2.75, 3.05) is 30.0 Å². The maximum atomic E-state index is 12.1. The summed E-state index contributed by atoms with van der Waals surface area (Å²) >= 11 is 0. The van der Waals surface area contributed by atoms with Crippen LogP contribution in [0.25, 0.3) is 0 Å². The van der Waals surface area contributed by atoms with Crippen LogP contribution in [0.4, 0.5) is 24.5 Å². The second-order valence-corrected chi connectivity index (χ2v) is 6.41. The second kappa shape index (κ2) is 8.85. The van der Waals surface area contributed by atoms with Gasteiger partial charge in [-0.2, -0.15) is 13.2 Å². The van der Waals surface area contributed by atoms with E-state index in [9.17, 15) is 22.8 Å². The third-order valence-corrected chi connectivity index (χ3v) is 4.13. The monoisotopic (exact) mass is 408 g/mol. The summed E-state index contributed by atoms with van der Waals surface area (Å²) in [5.74, 6) is 0.195. The van der Waals surface area contributed by atoms with Crippen molar-refractivity contribution in [3.8, 4) is 11.5 Å². The van der Waals surface area contributed by atoms with Gasteiger partial charge in [-0.1, -0.05) is 0 Å². The number of halogens is 3. The number of hydrogen-bond donors (Lipinski definition) is 1. The van der Waals surface area contributed by atoms with Crippen molar-refractivity contribution < 1.29 is 32.2 Å². The van der Waals surface area contributed by atoms with Gasteiger partial charge in [0.1, 0.15) is 11.5 Å². The lowest BCUT2D eigenvalue weighted by atomic mass is 10.3. The predicted molar refractivity (Wildman–Crippen MR) is 100 cm³/mol. The highest BCUT2D eigenvalue weighted by atomic mass is 19.4. The van der Waals surface area contributed by atoms with Gasteiger partial charge in [-0.05, 0) is 55.0 Å². The molecule has 1 saturated heterocycles. The van der Waals surface area contributed by atoms with E-state index in [1.165, 1.54) is 24.3 Å². The molecule has 154 valence electrons. The van der Waals surface area contributed by atoms with E-state index in [1.807, 2.05) is 0 Å². The van der Waals surface area contributed by atoms with Gasteiger partial charge in [-0.25, -0.2) is 0 Å². The highest BCUT2D eigenvalue weighted by Crippen LogP contribution is 2.24.